The van der Waals surface area contributed by atoms with Gasteiger partial charge in [0.25, 0.3) is 0 Å². The van der Waals surface area contributed by atoms with Crippen LogP contribution in [0.3, 0.4) is 0 Å². The fraction of sp³-hybridized carbons (Fsp3) is 0.933. The zero-order valence-corrected chi connectivity index (χ0v) is 28.0. The Labute approximate surface area is 264 Å². The number of hydrogen-bond acceptors (Lipinski definition) is 13. The van der Waals surface area contributed by atoms with E-state index < -0.39 is 17.3 Å². The maximum absolute atomic E-state index is 11.6. The predicted octanol–water partition coefficient (Wildman–Crippen LogP) is 1.97. The first-order valence-electron chi connectivity index (χ1n) is 15.5. The summed E-state index contributed by atoms with van der Waals surface area (Å²) >= 11 is 0. The number of esters is 1. The van der Waals surface area contributed by atoms with Gasteiger partial charge in [-0.05, 0) is 41.5 Å². The van der Waals surface area contributed by atoms with Crippen molar-refractivity contribution in [3.05, 3.63) is 0 Å². The van der Waals surface area contributed by atoms with Crippen molar-refractivity contribution in [1.29, 1.82) is 0 Å². The van der Waals surface area contributed by atoms with E-state index in [0.717, 1.165) is 13.1 Å². The Bertz CT molecular complexity index is 615. The van der Waals surface area contributed by atoms with Crippen molar-refractivity contribution in [2.45, 2.75) is 59.2 Å². The van der Waals surface area contributed by atoms with E-state index in [4.69, 9.17) is 47.4 Å². The third-order valence-electron chi connectivity index (χ3n) is 4.86. The normalized spacial score (nSPS) is 12.0. The number of carbonyl (C=O) groups is 2. The zero-order chi connectivity index (χ0) is 32.8. The van der Waals surface area contributed by atoms with E-state index in [1.54, 1.807) is 0 Å². The lowest BCUT2D eigenvalue weighted by molar-refractivity contribution is -0.156. The first-order chi connectivity index (χ1) is 21.0. The average Bonchev–Trinajstić information content (AvgIpc) is 2.92. The molecule has 14 heteroatoms. The summed E-state index contributed by atoms with van der Waals surface area (Å²) in [7, 11) is 0. The molecule has 0 unspecified atom stereocenters. The summed E-state index contributed by atoms with van der Waals surface area (Å²) in [5, 5.41) is 5.88. The van der Waals surface area contributed by atoms with Gasteiger partial charge in [-0.15, -0.1) is 0 Å². The van der Waals surface area contributed by atoms with Gasteiger partial charge in [-0.25, -0.2) is 4.79 Å². The molecule has 0 aliphatic rings. The Morgan fingerprint density at radius 1 is 0.432 bits per heavy atom. The van der Waals surface area contributed by atoms with Crippen LogP contribution in [0, 0.1) is 0 Å². The largest absolute Gasteiger partial charge is 0.460 e. The van der Waals surface area contributed by atoms with Crippen LogP contribution in [0.25, 0.3) is 0 Å². The maximum atomic E-state index is 11.6. The molecule has 0 heterocycles. The topological polar surface area (TPSA) is 151 Å². The van der Waals surface area contributed by atoms with Crippen LogP contribution in [-0.2, 0) is 52.2 Å². The van der Waals surface area contributed by atoms with Crippen LogP contribution in [0.5, 0.6) is 0 Å². The fourth-order valence-corrected chi connectivity index (χ4v) is 3.02. The number of alkyl carbamates (subject to hydrolysis) is 1. The van der Waals surface area contributed by atoms with E-state index in [1.807, 2.05) is 41.5 Å². The Kier molecular flexibility index (Phi) is 27.8. The molecule has 0 bridgehead atoms. The molecule has 0 spiro atoms. The van der Waals surface area contributed by atoms with Gasteiger partial charge < -0.3 is 58.0 Å². The lowest BCUT2D eigenvalue weighted by Crippen LogP contribution is -2.34. The average molecular weight is 641 g/mol. The molecular weight excluding hydrogens is 580 g/mol. The molecule has 14 nitrogen and oxygen atoms in total. The molecule has 44 heavy (non-hydrogen) atoms. The van der Waals surface area contributed by atoms with Gasteiger partial charge in [0.15, 0.2) is 0 Å². The van der Waals surface area contributed by atoms with E-state index >= 15 is 0 Å². The molecule has 0 fully saturated rings. The quantitative estimate of drug-likeness (QED) is 0.0871. The van der Waals surface area contributed by atoms with Gasteiger partial charge in [0.1, 0.15) is 11.2 Å². The molecule has 2 N–H and O–H groups in total. The minimum atomic E-state index is -0.510. The maximum Gasteiger partial charge on any atom is 0.407 e. The second kappa shape index (κ2) is 28.8. The molecule has 0 rings (SSSR count). The summed E-state index contributed by atoms with van der Waals surface area (Å²) in [6, 6.07) is 0. The molecule has 262 valence electrons. The van der Waals surface area contributed by atoms with Crippen molar-refractivity contribution in [2.75, 3.05) is 125 Å². The van der Waals surface area contributed by atoms with Crippen molar-refractivity contribution < 1.29 is 57.0 Å². The molecule has 0 radical (unpaired) electrons. The van der Waals surface area contributed by atoms with Gasteiger partial charge in [-0.1, -0.05) is 0 Å². The fourth-order valence-electron chi connectivity index (χ4n) is 3.02. The van der Waals surface area contributed by atoms with Crippen LogP contribution >= 0.6 is 0 Å². The molecule has 0 atom stereocenters. The Morgan fingerprint density at radius 3 is 1.11 bits per heavy atom. The number of ether oxygens (including phenoxy) is 10. The van der Waals surface area contributed by atoms with Gasteiger partial charge in [-0.3, -0.25) is 4.79 Å². The Morgan fingerprint density at radius 2 is 0.750 bits per heavy atom. The number of carbonyl (C=O) groups excluding carboxylic acids is 2. The number of amides is 1. The van der Waals surface area contributed by atoms with Gasteiger partial charge in [0, 0.05) is 19.6 Å². The van der Waals surface area contributed by atoms with Crippen LogP contribution in [0.2, 0.25) is 0 Å². The van der Waals surface area contributed by atoms with E-state index in [2.05, 4.69) is 10.6 Å². The SMILES string of the molecule is CC(C)(C)OC(=O)CCOCCOCCOCCOCCNCCOCCOCCOCCOCCNC(=O)OC(C)(C)C. The second-order valence-electron chi connectivity index (χ2n) is 11.4. The summed E-state index contributed by atoms with van der Waals surface area (Å²) in [5.74, 6) is -0.264. The Balaban J connectivity index is 3.15. The number of nitrogens with one attached hydrogen (secondary N) is 2. The molecule has 0 saturated carbocycles. The predicted molar refractivity (Wildman–Crippen MR) is 164 cm³/mol. The van der Waals surface area contributed by atoms with Crippen molar-refractivity contribution >= 4 is 12.1 Å². The smallest absolute Gasteiger partial charge is 0.407 e. The molecule has 0 saturated heterocycles. The van der Waals surface area contributed by atoms with E-state index in [1.165, 1.54) is 0 Å². The van der Waals surface area contributed by atoms with Crippen LogP contribution in [-0.4, -0.2) is 149 Å². The molecule has 1 amide bonds. The highest BCUT2D eigenvalue weighted by Crippen LogP contribution is 2.08. The van der Waals surface area contributed by atoms with Gasteiger partial charge in [-0.2, -0.15) is 0 Å². The highest BCUT2D eigenvalue weighted by Gasteiger charge is 2.16. The summed E-state index contributed by atoms with van der Waals surface area (Å²) in [6.07, 6.45) is -0.218. The summed E-state index contributed by atoms with van der Waals surface area (Å²) < 4.78 is 53.9. The first-order valence-corrected chi connectivity index (χ1v) is 15.5. The second-order valence-corrected chi connectivity index (χ2v) is 11.4. The van der Waals surface area contributed by atoms with E-state index in [0.29, 0.717) is 112 Å². The molecular formula is C30H60N2O12. The third kappa shape index (κ3) is 36.6. The summed E-state index contributed by atoms with van der Waals surface area (Å²) in [5.41, 5.74) is -0.983. The van der Waals surface area contributed by atoms with Crippen molar-refractivity contribution in [2.24, 2.45) is 0 Å². The standard InChI is InChI=1S/C30H60N2O12/c1-29(2,3)43-27(33)7-11-35-15-19-39-23-24-40-20-16-36-12-8-31-9-13-37-17-21-41-25-26-42-22-18-38-14-10-32-28(34)44-30(4,5)6/h31H,7-26H2,1-6H3,(H,32,34). The third-order valence-corrected chi connectivity index (χ3v) is 4.86. The van der Waals surface area contributed by atoms with Gasteiger partial charge in [0.05, 0.1) is 112 Å². The van der Waals surface area contributed by atoms with Crippen LogP contribution < -0.4 is 10.6 Å². The van der Waals surface area contributed by atoms with Crippen LogP contribution in [0.15, 0.2) is 0 Å². The van der Waals surface area contributed by atoms with Gasteiger partial charge >= 0.3 is 12.1 Å². The van der Waals surface area contributed by atoms with Crippen molar-refractivity contribution in [3.63, 3.8) is 0 Å². The minimum Gasteiger partial charge on any atom is -0.460 e. The molecule has 0 aromatic carbocycles. The molecule has 0 aromatic rings. The highest BCUT2D eigenvalue weighted by molar-refractivity contribution is 5.69. The zero-order valence-electron chi connectivity index (χ0n) is 28.0. The van der Waals surface area contributed by atoms with E-state index in [-0.39, 0.29) is 12.4 Å². The number of hydrogen-bond donors (Lipinski definition) is 2. The van der Waals surface area contributed by atoms with Crippen LogP contribution in [0.4, 0.5) is 4.79 Å². The molecule has 0 aliphatic heterocycles. The minimum absolute atomic E-state index is 0.233. The van der Waals surface area contributed by atoms with Crippen molar-refractivity contribution in [3.8, 4) is 0 Å². The molecule has 0 aliphatic carbocycles. The highest BCUT2D eigenvalue weighted by atomic mass is 16.6. The number of rotatable bonds is 30. The monoisotopic (exact) mass is 640 g/mol. The molecule has 0 aromatic heterocycles. The van der Waals surface area contributed by atoms with Gasteiger partial charge in [0.2, 0.25) is 0 Å². The van der Waals surface area contributed by atoms with Crippen LogP contribution in [0.1, 0.15) is 48.0 Å². The summed E-state index contributed by atoms with van der Waals surface area (Å²) in [4.78, 5) is 23.0. The first kappa shape index (κ1) is 42.4. The van der Waals surface area contributed by atoms with E-state index in [9.17, 15) is 9.59 Å². The lowest BCUT2D eigenvalue weighted by Gasteiger charge is -2.19. The summed E-state index contributed by atoms with van der Waals surface area (Å²) in [6.45, 7) is 20.5. The Hall–Kier alpha value is -1.62. The lowest BCUT2D eigenvalue weighted by atomic mass is 10.2. The van der Waals surface area contributed by atoms with Crippen molar-refractivity contribution in [1.82, 2.24) is 10.6 Å².